The molecule has 2 atom stereocenters. The average molecular weight is 274 g/mol. The van der Waals surface area contributed by atoms with Crippen LogP contribution < -0.4 is 5.73 Å². The van der Waals surface area contributed by atoms with E-state index in [0.717, 1.165) is 19.3 Å². The van der Waals surface area contributed by atoms with Crippen LogP contribution in [-0.4, -0.2) is 21.1 Å². The number of benzene rings is 1. The van der Waals surface area contributed by atoms with E-state index in [1.165, 1.54) is 6.07 Å². The van der Waals surface area contributed by atoms with Gasteiger partial charge in [0.25, 0.3) is 5.69 Å². The van der Waals surface area contributed by atoms with E-state index in [-0.39, 0.29) is 23.5 Å². The molecule has 104 valence electrons. The van der Waals surface area contributed by atoms with Gasteiger partial charge in [-0.25, -0.2) is 0 Å². The lowest BCUT2D eigenvalue weighted by Gasteiger charge is -2.01. The molecule has 0 aliphatic heterocycles. The molecule has 1 aromatic carbocycles. The van der Waals surface area contributed by atoms with Crippen LogP contribution in [0.4, 0.5) is 5.69 Å². The van der Waals surface area contributed by atoms with Gasteiger partial charge in [0.2, 0.25) is 11.7 Å². The fourth-order valence-electron chi connectivity index (χ4n) is 2.57. The second-order valence-electron chi connectivity index (χ2n) is 5.00. The first-order chi connectivity index (χ1) is 9.65. The number of nitrogens with zero attached hydrogens (tertiary/aromatic N) is 3. The van der Waals surface area contributed by atoms with E-state index in [0.29, 0.717) is 11.5 Å². The van der Waals surface area contributed by atoms with E-state index in [4.69, 9.17) is 10.3 Å². The maximum atomic E-state index is 11.0. The monoisotopic (exact) mass is 274 g/mol. The lowest BCUT2D eigenvalue weighted by atomic mass is 10.1. The lowest BCUT2D eigenvalue weighted by molar-refractivity contribution is -0.384. The molecule has 20 heavy (non-hydrogen) atoms. The summed E-state index contributed by atoms with van der Waals surface area (Å²) in [6, 6.07) is 6.54. The number of hydrogen-bond donors (Lipinski definition) is 1. The molecule has 0 amide bonds. The zero-order valence-electron chi connectivity index (χ0n) is 10.7. The molecule has 1 fully saturated rings. The largest absolute Gasteiger partial charge is 0.339 e. The average Bonchev–Trinajstić information content (AvgIpc) is 3.07. The van der Waals surface area contributed by atoms with Crippen molar-refractivity contribution in [2.75, 3.05) is 0 Å². The van der Waals surface area contributed by atoms with Gasteiger partial charge < -0.3 is 10.3 Å². The third-order valence-electron chi connectivity index (χ3n) is 3.61. The van der Waals surface area contributed by atoms with Crippen molar-refractivity contribution in [1.82, 2.24) is 10.1 Å². The first-order valence-electron chi connectivity index (χ1n) is 6.48. The quantitative estimate of drug-likeness (QED) is 0.679. The van der Waals surface area contributed by atoms with Crippen LogP contribution in [0.25, 0.3) is 11.4 Å². The molecule has 0 bridgehead atoms. The van der Waals surface area contributed by atoms with Crippen molar-refractivity contribution in [2.45, 2.75) is 31.2 Å². The highest BCUT2D eigenvalue weighted by Gasteiger charge is 2.29. The van der Waals surface area contributed by atoms with Gasteiger partial charge in [-0.15, -0.1) is 0 Å². The topological polar surface area (TPSA) is 108 Å². The zero-order valence-corrected chi connectivity index (χ0v) is 10.7. The van der Waals surface area contributed by atoms with Crippen LogP contribution in [0.5, 0.6) is 0 Å². The van der Waals surface area contributed by atoms with E-state index in [9.17, 15) is 10.1 Å². The fourth-order valence-corrected chi connectivity index (χ4v) is 2.57. The predicted molar refractivity (Wildman–Crippen MR) is 71.0 cm³/mol. The Morgan fingerprint density at radius 2 is 2.15 bits per heavy atom. The third-order valence-corrected chi connectivity index (χ3v) is 3.61. The highest BCUT2D eigenvalue weighted by molar-refractivity contribution is 5.67. The second kappa shape index (κ2) is 5.01. The van der Waals surface area contributed by atoms with Gasteiger partial charge in [0.15, 0.2) is 0 Å². The summed E-state index contributed by atoms with van der Waals surface area (Å²) in [5.41, 5.74) is 6.21. The summed E-state index contributed by atoms with van der Waals surface area (Å²) in [6.45, 7) is 0. The molecular formula is C13H14N4O3. The second-order valence-corrected chi connectivity index (χ2v) is 5.00. The predicted octanol–water partition coefficient (Wildman–Crippen LogP) is 2.24. The van der Waals surface area contributed by atoms with Gasteiger partial charge in [0.05, 0.1) is 4.92 Å². The number of aromatic nitrogens is 2. The van der Waals surface area contributed by atoms with Crippen LogP contribution in [0, 0.1) is 10.1 Å². The Labute approximate surface area is 114 Å². The van der Waals surface area contributed by atoms with E-state index >= 15 is 0 Å². The van der Waals surface area contributed by atoms with E-state index in [2.05, 4.69) is 10.1 Å². The minimum atomic E-state index is -0.448. The van der Waals surface area contributed by atoms with Crippen molar-refractivity contribution in [2.24, 2.45) is 5.73 Å². The van der Waals surface area contributed by atoms with Crippen molar-refractivity contribution >= 4 is 5.69 Å². The van der Waals surface area contributed by atoms with Crippen LogP contribution in [0.3, 0.4) is 0 Å². The molecule has 2 unspecified atom stereocenters. The van der Waals surface area contributed by atoms with E-state index in [1.807, 2.05) is 0 Å². The lowest BCUT2D eigenvalue weighted by Crippen LogP contribution is -2.14. The summed E-state index contributed by atoms with van der Waals surface area (Å²) in [4.78, 5) is 14.9. The highest BCUT2D eigenvalue weighted by Crippen LogP contribution is 2.34. The first kappa shape index (κ1) is 12.7. The minimum Gasteiger partial charge on any atom is -0.339 e. The molecule has 1 aliphatic rings. The number of nitro groups is 1. The number of hydrogen-bond acceptors (Lipinski definition) is 6. The summed E-state index contributed by atoms with van der Waals surface area (Å²) >= 11 is 0. The highest BCUT2D eigenvalue weighted by atomic mass is 16.6. The molecule has 1 saturated carbocycles. The first-order valence-corrected chi connectivity index (χ1v) is 6.48. The summed E-state index contributed by atoms with van der Waals surface area (Å²) in [6.07, 6.45) is 2.67. The van der Waals surface area contributed by atoms with Crippen LogP contribution in [-0.2, 0) is 0 Å². The maximum Gasteiger partial charge on any atom is 0.280 e. The van der Waals surface area contributed by atoms with Gasteiger partial charge in [-0.2, -0.15) is 4.98 Å². The third kappa shape index (κ3) is 2.27. The van der Waals surface area contributed by atoms with Gasteiger partial charge >= 0.3 is 0 Å². The number of para-hydroxylation sites is 1. The van der Waals surface area contributed by atoms with E-state index in [1.54, 1.807) is 18.2 Å². The number of nitrogens with two attached hydrogens (primary N) is 1. The SMILES string of the molecule is NC1CCC(c2nc(-c3ccccc3[N+](=O)[O-])no2)C1. The van der Waals surface area contributed by atoms with Crippen molar-refractivity contribution < 1.29 is 9.45 Å². The molecule has 7 heteroatoms. The summed E-state index contributed by atoms with van der Waals surface area (Å²) in [5, 5.41) is 14.9. The molecule has 1 aromatic heterocycles. The van der Waals surface area contributed by atoms with Crippen LogP contribution in [0.1, 0.15) is 31.1 Å². The summed E-state index contributed by atoms with van der Waals surface area (Å²) < 4.78 is 5.25. The van der Waals surface area contributed by atoms with Crippen molar-refractivity contribution in [3.63, 3.8) is 0 Å². The number of nitro benzene ring substituents is 1. The fraction of sp³-hybridized carbons (Fsp3) is 0.385. The van der Waals surface area contributed by atoms with Crippen LogP contribution in [0.15, 0.2) is 28.8 Å². The summed E-state index contributed by atoms with van der Waals surface area (Å²) in [5.74, 6) is 0.938. The molecule has 0 radical (unpaired) electrons. The Hall–Kier alpha value is -2.28. The van der Waals surface area contributed by atoms with Gasteiger partial charge in [0.1, 0.15) is 5.56 Å². The normalized spacial score (nSPS) is 22.1. The molecule has 2 aromatic rings. The standard InChI is InChI=1S/C13H14N4O3/c14-9-6-5-8(7-9)13-15-12(16-20-13)10-3-1-2-4-11(10)17(18)19/h1-4,8-9H,5-7,14H2. The summed E-state index contributed by atoms with van der Waals surface area (Å²) in [7, 11) is 0. The molecule has 0 saturated heterocycles. The maximum absolute atomic E-state index is 11.0. The molecule has 7 nitrogen and oxygen atoms in total. The Bertz CT molecular complexity index is 640. The van der Waals surface area contributed by atoms with Gasteiger partial charge in [-0.1, -0.05) is 17.3 Å². The Morgan fingerprint density at radius 3 is 2.85 bits per heavy atom. The van der Waals surface area contributed by atoms with Gasteiger partial charge in [0, 0.05) is 18.0 Å². The molecule has 3 rings (SSSR count). The Balaban J connectivity index is 1.92. The molecule has 2 N–H and O–H groups in total. The molecular weight excluding hydrogens is 260 g/mol. The van der Waals surface area contributed by atoms with Gasteiger partial charge in [-0.05, 0) is 25.3 Å². The van der Waals surface area contributed by atoms with Gasteiger partial charge in [-0.3, -0.25) is 10.1 Å². The van der Waals surface area contributed by atoms with Crippen LogP contribution in [0.2, 0.25) is 0 Å². The van der Waals surface area contributed by atoms with Crippen molar-refractivity contribution in [3.8, 4) is 11.4 Å². The smallest absolute Gasteiger partial charge is 0.280 e. The minimum absolute atomic E-state index is 0.0250. The zero-order chi connectivity index (χ0) is 14.1. The number of rotatable bonds is 3. The Kier molecular flexibility index (Phi) is 3.19. The molecule has 1 heterocycles. The molecule has 0 spiro atoms. The molecule has 1 aliphatic carbocycles. The van der Waals surface area contributed by atoms with Crippen molar-refractivity contribution in [3.05, 3.63) is 40.3 Å². The van der Waals surface area contributed by atoms with E-state index < -0.39 is 4.92 Å². The van der Waals surface area contributed by atoms with Crippen LogP contribution >= 0.6 is 0 Å². The van der Waals surface area contributed by atoms with Crippen molar-refractivity contribution in [1.29, 1.82) is 0 Å². The Morgan fingerprint density at radius 1 is 1.35 bits per heavy atom.